The smallest absolute Gasteiger partial charge is 0.358 e. The van der Waals surface area contributed by atoms with Crippen LogP contribution < -0.4 is 14.4 Å². The summed E-state index contributed by atoms with van der Waals surface area (Å²) < 4.78 is 60.7. The Kier molecular flexibility index (Phi) is 15.8. The molecule has 2 aromatic rings. The summed E-state index contributed by atoms with van der Waals surface area (Å²) in [6.07, 6.45) is 3.13. The molecule has 2 aromatic carbocycles. The van der Waals surface area contributed by atoms with E-state index in [4.69, 9.17) is 44.9 Å². The molecule has 14 nitrogen and oxygen atoms in total. The molecule has 0 radical (unpaired) electrons. The Hall–Kier alpha value is -2.56. The molecule has 2 atom stereocenters. The van der Waals surface area contributed by atoms with Crippen LogP contribution in [0.25, 0.3) is 10.4 Å². The first kappa shape index (κ1) is 40.6. The Bertz CT molecular complexity index is 1450. The second-order valence-corrected chi connectivity index (χ2v) is 17.9. The van der Waals surface area contributed by atoms with Crippen LogP contribution in [0.15, 0.2) is 58.7 Å². The van der Waals surface area contributed by atoms with Crippen LogP contribution >= 0.6 is 22.0 Å². The zero-order valence-electron chi connectivity index (χ0n) is 28.4. The van der Waals surface area contributed by atoms with E-state index >= 15 is 0 Å². The molecular weight excluding hydrogens is 685 g/mol. The fraction of sp³-hybridized carbons (Fsp3) is 0.552. The maximum atomic E-state index is 13.0. The fourth-order valence-corrected chi connectivity index (χ4v) is 8.94. The van der Waals surface area contributed by atoms with Gasteiger partial charge in [0.2, 0.25) is 0 Å². The SMILES string of the molecule is CCC(C)(N=[N+]=[N-])Oc1ccc(/C=N/N(C)[P+](=S)C(CC)(CC)Oc2ccc(N(CP(=O)(OC)OC)CP(=O)(OC)OC)cc2)cc1. The van der Waals surface area contributed by atoms with Crippen molar-refractivity contribution in [2.45, 2.75) is 58.0 Å². The number of hydrogen-bond donors (Lipinski definition) is 0. The summed E-state index contributed by atoms with van der Waals surface area (Å²) in [7, 11) is -0.0577. The van der Waals surface area contributed by atoms with Gasteiger partial charge in [-0.1, -0.05) is 20.8 Å². The minimum Gasteiger partial charge on any atom is -0.481 e. The van der Waals surface area contributed by atoms with E-state index in [2.05, 4.69) is 15.1 Å². The maximum absolute atomic E-state index is 13.0. The molecule has 0 amide bonds. The number of nitrogens with zero attached hydrogens (tertiary/aromatic N) is 6. The van der Waals surface area contributed by atoms with Gasteiger partial charge in [-0.3, -0.25) is 9.13 Å². The van der Waals surface area contributed by atoms with Gasteiger partial charge in [0.05, 0.1) is 13.3 Å². The highest BCUT2D eigenvalue weighted by molar-refractivity contribution is 8.04. The lowest BCUT2D eigenvalue weighted by Crippen LogP contribution is -2.33. The predicted octanol–water partition coefficient (Wildman–Crippen LogP) is 8.91. The van der Waals surface area contributed by atoms with E-state index in [0.29, 0.717) is 36.4 Å². The van der Waals surface area contributed by atoms with Crippen LogP contribution in [0.5, 0.6) is 11.5 Å². The van der Waals surface area contributed by atoms with Crippen LogP contribution in [0, 0.1) is 0 Å². The van der Waals surface area contributed by atoms with Gasteiger partial charge in [0.15, 0.2) is 17.5 Å². The lowest BCUT2D eigenvalue weighted by Gasteiger charge is -2.30. The number of benzene rings is 2. The molecule has 0 saturated heterocycles. The Labute approximate surface area is 283 Å². The van der Waals surface area contributed by atoms with Crippen molar-refractivity contribution in [3.8, 4) is 11.5 Å². The second kappa shape index (κ2) is 18.3. The van der Waals surface area contributed by atoms with Gasteiger partial charge < -0.3 is 32.5 Å². The molecule has 0 saturated carbocycles. The van der Waals surface area contributed by atoms with Crippen molar-refractivity contribution in [3.63, 3.8) is 0 Å². The minimum absolute atomic E-state index is 0.186. The molecular formula is C29H46N6O8P3S+. The van der Waals surface area contributed by atoms with Crippen molar-refractivity contribution in [3.05, 3.63) is 64.5 Å². The highest BCUT2D eigenvalue weighted by atomic mass is 32.4. The third-order valence-corrected chi connectivity index (χ3v) is 14.9. The molecule has 47 heavy (non-hydrogen) atoms. The average Bonchev–Trinajstić information content (AvgIpc) is 3.09. The summed E-state index contributed by atoms with van der Waals surface area (Å²) in [4.78, 5) is 4.45. The number of hydrogen-bond acceptors (Lipinski definition) is 12. The van der Waals surface area contributed by atoms with E-state index in [1.807, 2.05) is 40.0 Å². The first-order valence-electron chi connectivity index (χ1n) is 14.8. The number of hydrazone groups is 1. The van der Waals surface area contributed by atoms with Crippen molar-refractivity contribution in [2.24, 2.45) is 10.2 Å². The summed E-state index contributed by atoms with van der Waals surface area (Å²) in [5.41, 5.74) is 9.28. The second-order valence-electron chi connectivity index (χ2n) is 10.4. The molecule has 0 N–H and O–H groups in total. The van der Waals surface area contributed by atoms with Crippen molar-refractivity contribution < 1.29 is 36.7 Å². The van der Waals surface area contributed by atoms with Crippen LogP contribution in [0.3, 0.4) is 0 Å². The first-order chi connectivity index (χ1) is 22.2. The zero-order chi connectivity index (χ0) is 35.3. The molecule has 0 aliphatic carbocycles. The first-order valence-corrected chi connectivity index (χ1v) is 20.5. The molecule has 18 heteroatoms. The summed E-state index contributed by atoms with van der Waals surface area (Å²) >= 11 is 6.03. The molecule has 0 bridgehead atoms. The Morgan fingerprint density at radius 1 is 0.851 bits per heavy atom. The van der Waals surface area contributed by atoms with E-state index in [1.54, 1.807) is 59.2 Å². The monoisotopic (exact) mass is 731 g/mol. The van der Waals surface area contributed by atoms with Gasteiger partial charge in [0.25, 0.3) is 5.34 Å². The van der Waals surface area contributed by atoms with Gasteiger partial charge >= 0.3 is 22.0 Å². The standard InChI is InChI=1S/C29H46N6O8P3S/c1-10-28(4,32-33-30)42-26-17-13-24(14-18-26)21-31-34(5)44(47)29(11-2,12-3)43-27-19-15-25(16-20-27)35(22-45(36,38-6)39-7)23-46(37,40-8)41-9/h13-21H,10-12,22-23H2,1-9H3/q+1/b31-21+. The number of anilines is 1. The van der Waals surface area contributed by atoms with Gasteiger partial charge in [-0.15, -0.1) is 9.88 Å². The van der Waals surface area contributed by atoms with Crippen molar-refractivity contribution in [1.29, 1.82) is 0 Å². The van der Waals surface area contributed by atoms with Gasteiger partial charge in [-0.05, 0) is 78.1 Å². The van der Waals surface area contributed by atoms with Gasteiger partial charge in [-0.2, -0.15) is 0 Å². The molecule has 0 spiro atoms. The molecule has 0 aliphatic rings. The average molecular weight is 732 g/mol. The Balaban J connectivity index is 2.25. The molecule has 0 heterocycles. The normalized spacial score (nSPS) is 13.9. The van der Waals surface area contributed by atoms with E-state index in [-0.39, 0.29) is 12.6 Å². The molecule has 0 aliphatic heterocycles. The number of azide groups is 1. The maximum Gasteiger partial charge on any atom is 0.358 e. The summed E-state index contributed by atoms with van der Waals surface area (Å²) in [5, 5.41) is 7.67. The third kappa shape index (κ3) is 11.2. The van der Waals surface area contributed by atoms with Crippen LogP contribution in [0.4, 0.5) is 5.69 Å². The van der Waals surface area contributed by atoms with Crippen LogP contribution in [-0.4, -0.2) is 70.1 Å². The quantitative estimate of drug-likeness (QED) is 0.0301. The fourth-order valence-electron chi connectivity index (χ4n) is 4.25. The number of ether oxygens (including phenoxy) is 2. The van der Waals surface area contributed by atoms with Crippen molar-refractivity contribution in [1.82, 2.24) is 4.78 Å². The topological polar surface area (TPSA) is 157 Å². The largest absolute Gasteiger partial charge is 0.481 e. The van der Waals surface area contributed by atoms with Crippen molar-refractivity contribution in [2.75, 3.05) is 53.0 Å². The van der Waals surface area contributed by atoms with E-state index in [0.717, 1.165) is 5.56 Å². The lowest BCUT2D eigenvalue weighted by molar-refractivity contribution is 0.0921. The molecule has 0 fully saturated rings. The van der Waals surface area contributed by atoms with Gasteiger partial charge in [-0.25, -0.2) is 0 Å². The molecule has 260 valence electrons. The molecule has 2 rings (SSSR count). The summed E-state index contributed by atoms with van der Waals surface area (Å²) in [6, 6.07) is 14.4. The lowest BCUT2D eigenvalue weighted by atomic mass is 10.2. The van der Waals surface area contributed by atoms with Crippen LogP contribution in [0.1, 0.15) is 52.5 Å². The highest BCUT2D eigenvalue weighted by Crippen LogP contribution is 2.53. The molecule has 0 aromatic heterocycles. The van der Waals surface area contributed by atoms with Gasteiger partial charge in [0.1, 0.15) is 24.1 Å². The van der Waals surface area contributed by atoms with E-state index < -0.39 is 33.1 Å². The third-order valence-electron chi connectivity index (χ3n) is 7.53. The Morgan fingerprint density at radius 3 is 1.74 bits per heavy atom. The zero-order valence-corrected chi connectivity index (χ0v) is 31.9. The molecule has 2 unspecified atom stereocenters. The summed E-state index contributed by atoms with van der Waals surface area (Å²) in [6.45, 7) is 6.34. The minimum atomic E-state index is -3.52. The van der Waals surface area contributed by atoms with E-state index in [9.17, 15) is 9.13 Å². The van der Waals surface area contributed by atoms with Crippen LogP contribution in [0.2, 0.25) is 0 Å². The van der Waals surface area contributed by atoms with Gasteiger partial charge in [0, 0.05) is 51.9 Å². The highest BCUT2D eigenvalue weighted by Gasteiger charge is 2.48. The Morgan fingerprint density at radius 2 is 1.32 bits per heavy atom. The number of rotatable bonds is 21. The van der Waals surface area contributed by atoms with Crippen molar-refractivity contribution >= 4 is 45.7 Å². The van der Waals surface area contributed by atoms with E-state index in [1.165, 1.54) is 28.4 Å². The summed E-state index contributed by atoms with van der Waals surface area (Å²) in [5.74, 6) is 1.15. The van der Waals surface area contributed by atoms with Crippen LogP contribution in [-0.2, 0) is 39.0 Å². The predicted molar refractivity (Wildman–Crippen MR) is 190 cm³/mol.